The molecule has 0 atom stereocenters. The Kier molecular flexibility index (Phi) is 7.44. The summed E-state index contributed by atoms with van der Waals surface area (Å²) in [5.74, 6) is 1.23. The van der Waals surface area contributed by atoms with Gasteiger partial charge in [0, 0.05) is 17.3 Å². The Morgan fingerprint density at radius 2 is 1.48 bits per heavy atom. The van der Waals surface area contributed by atoms with Crippen LogP contribution in [0.15, 0.2) is 71.6 Å². The molecule has 0 aliphatic carbocycles. The molecular weight excluding hydrogens is 444 g/mol. The topological polar surface area (TPSA) is 103 Å². The molecule has 3 aromatic carbocycles. The van der Waals surface area contributed by atoms with E-state index in [0.717, 1.165) is 0 Å². The van der Waals surface area contributed by atoms with E-state index in [1.807, 2.05) is 13.8 Å². The zero-order valence-corrected chi connectivity index (χ0v) is 19.6. The van der Waals surface area contributed by atoms with Gasteiger partial charge in [-0.15, -0.1) is 0 Å². The predicted octanol–water partition coefficient (Wildman–Crippen LogP) is 4.54. The zero-order chi connectivity index (χ0) is 24.0. The highest BCUT2D eigenvalue weighted by Crippen LogP contribution is 2.31. The van der Waals surface area contributed by atoms with E-state index in [1.165, 1.54) is 38.5 Å². The van der Waals surface area contributed by atoms with Crippen LogP contribution in [0.3, 0.4) is 0 Å². The molecule has 0 unspecified atom stereocenters. The van der Waals surface area contributed by atoms with Crippen molar-refractivity contribution in [2.45, 2.75) is 24.8 Å². The number of benzene rings is 3. The van der Waals surface area contributed by atoms with Crippen molar-refractivity contribution in [1.29, 1.82) is 0 Å². The molecule has 2 N–H and O–H groups in total. The largest absolute Gasteiger partial charge is 0.497 e. The summed E-state index contributed by atoms with van der Waals surface area (Å²) in [7, 11) is -0.926. The van der Waals surface area contributed by atoms with Gasteiger partial charge in [-0.3, -0.25) is 9.52 Å². The van der Waals surface area contributed by atoms with Crippen LogP contribution in [0.5, 0.6) is 17.2 Å². The van der Waals surface area contributed by atoms with Crippen molar-refractivity contribution >= 4 is 27.3 Å². The second kappa shape index (κ2) is 10.3. The van der Waals surface area contributed by atoms with Gasteiger partial charge in [0.05, 0.1) is 30.9 Å². The first kappa shape index (κ1) is 23.9. The smallest absolute Gasteiger partial charge is 0.262 e. The number of anilines is 2. The van der Waals surface area contributed by atoms with E-state index >= 15 is 0 Å². The van der Waals surface area contributed by atoms with Crippen LogP contribution in [0.1, 0.15) is 24.2 Å². The molecule has 0 aliphatic rings. The summed E-state index contributed by atoms with van der Waals surface area (Å²) >= 11 is 0. The number of carbonyl (C=O) groups excluding carboxylic acids is 1. The van der Waals surface area contributed by atoms with Crippen molar-refractivity contribution in [3.63, 3.8) is 0 Å². The van der Waals surface area contributed by atoms with Crippen molar-refractivity contribution in [2.75, 3.05) is 24.3 Å². The van der Waals surface area contributed by atoms with E-state index in [1.54, 1.807) is 42.5 Å². The quantitative estimate of drug-likeness (QED) is 0.476. The van der Waals surface area contributed by atoms with Gasteiger partial charge >= 0.3 is 0 Å². The number of hydrogen-bond acceptors (Lipinski definition) is 6. The van der Waals surface area contributed by atoms with E-state index in [2.05, 4.69) is 10.0 Å². The number of hydrogen-bond donors (Lipinski definition) is 2. The number of methoxy groups -OCH3 is 2. The highest BCUT2D eigenvalue weighted by molar-refractivity contribution is 7.92. The van der Waals surface area contributed by atoms with Gasteiger partial charge in [-0.1, -0.05) is 0 Å². The van der Waals surface area contributed by atoms with Crippen molar-refractivity contribution in [3.8, 4) is 17.2 Å². The molecule has 0 saturated carbocycles. The van der Waals surface area contributed by atoms with Crippen LogP contribution >= 0.6 is 0 Å². The number of sulfonamides is 1. The maximum Gasteiger partial charge on any atom is 0.262 e. The predicted molar refractivity (Wildman–Crippen MR) is 127 cm³/mol. The first-order valence-corrected chi connectivity index (χ1v) is 11.6. The van der Waals surface area contributed by atoms with Crippen LogP contribution in [0.2, 0.25) is 0 Å². The molecule has 8 nitrogen and oxygen atoms in total. The van der Waals surface area contributed by atoms with Crippen LogP contribution in [-0.4, -0.2) is 34.6 Å². The third kappa shape index (κ3) is 6.17. The van der Waals surface area contributed by atoms with Gasteiger partial charge in [0.2, 0.25) is 0 Å². The van der Waals surface area contributed by atoms with Gasteiger partial charge in [-0.05, 0) is 74.5 Å². The number of amides is 1. The minimum absolute atomic E-state index is 0.0357. The molecule has 0 saturated heterocycles. The third-order valence-electron chi connectivity index (χ3n) is 4.56. The maximum atomic E-state index is 12.8. The van der Waals surface area contributed by atoms with E-state index in [4.69, 9.17) is 14.2 Å². The van der Waals surface area contributed by atoms with Crippen molar-refractivity contribution in [1.82, 2.24) is 0 Å². The second-order valence-corrected chi connectivity index (χ2v) is 9.02. The first-order valence-electron chi connectivity index (χ1n) is 10.1. The zero-order valence-electron chi connectivity index (χ0n) is 18.8. The molecule has 0 radical (unpaired) electrons. The molecule has 9 heteroatoms. The number of rotatable bonds is 9. The van der Waals surface area contributed by atoms with Crippen molar-refractivity contribution < 1.29 is 27.4 Å². The lowest BCUT2D eigenvalue weighted by Gasteiger charge is -2.13. The Labute approximate surface area is 193 Å². The van der Waals surface area contributed by atoms with Crippen LogP contribution in [0.25, 0.3) is 0 Å². The molecule has 0 spiro atoms. The lowest BCUT2D eigenvalue weighted by molar-refractivity contribution is 0.102. The van der Waals surface area contributed by atoms with E-state index in [9.17, 15) is 13.2 Å². The summed E-state index contributed by atoms with van der Waals surface area (Å²) in [5, 5.41) is 2.75. The lowest BCUT2D eigenvalue weighted by Crippen LogP contribution is -2.14. The minimum atomic E-state index is -3.88. The maximum absolute atomic E-state index is 12.8. The summed E-state index contributed by atoms with van der Waals surface area (Å²) in [6.07, 6.45) is 0.0415. The fraction of sp³-hybridized carbons (Fsp3) is 0.208. The standard InChI is InChI=1S/C24H26N2O6S/c1-16(2)32-19-9-5-17(6-10-19)24(27)25-18-7-12-21(13-8-18)33(28,29)26-22-14-11-20(30-3)15-23(22)31-4/h5-16,26H,1-4H3,(H,25,27). The van der Waals surface area contributed by atoms with Gasteiger partial charge in [-0.2, -0.15) is 0 Å². The van der Waals surface area contributed by atoms with Gasteiger partial charge < -0.3 is 19.5 Å². The molecule has 0 bridgehead atoms. The van der Waals surface area contributed by atoms with Crippen LogP contribution in [0, 0.1) is 0 Å². The molecule has 174 valence electrons. The summed E-state index contributed by atoms with van der Waals surface area (Å²) in [4.78, 5) is 12.5. The molecule has 3 aromatic rings. The Hall–Kier alpha value is -3.72. The Morgan fingerprint density at radius 3 is 2.06 bits per heavy atom. The fourth-order valence-electron chi connectivity index (χ4n) is 2.96. The average molecular weight is 471 g/mol. The molecule has 0 aromatic heterocycles. The SMILES string of the molecule is COc1ccc(NS(=O)(=O)c2ccc(NC(=O)c3ccc(OC(C)C)cc3)cc2)c(OC)c1. The molecule has 0 heterocycles. The Bertz CT molecular complexity index is 1210. The fourth-order valence-corrected chi connectivity index (χ4v) is 4.03. The highest BCUT2D eigenvalue weighted by Gasteiger charge is 2.17. The summed E-state index contributed by atoms with van der Waals surface area (Å²) in [6.45, 7) is 3.85. The molecule has 3 rings (SSSR count). The average Bonchev–Trinajstić information content (AvgIpc) is 2.79. The Balaban J connectivity index is 1.69. The number of carbonyl (C=O) groups is 1. The normalized spacial score (nSPS) is 11.1. The summed E-state index contributed by atoms with van der Waals surface area (Å²) in [5.41, 5.74) is 1.19. The van der Waals surface area contributed by atoms with Crippen molar-refractivity contribution in [2.24, 2.45) is 0 Å². The second-order valence-electron chi connectivity index (χ2n) is 7.34. The van der Waals surface area contributed by atoms with Crippen LogP contribution in [-0.2, 0) is 10.0 Å². The molecular formula is C24H26N2O6S. The first-order chi connectivity index (χ1) is 15.7. The van der Waals surface area contributed by atoms with Gasteiger partial charge in [0.15, 0.2) is 0 Å². The van der Waals surface area contributed by atoms with Gasteiger partial charge in [-0.25, -0.2) is 8.42 Å². The number of ether oxygens (including phenoxy) is 3. The van der Waals surface area contributed by atoms with Crippen LogP contribution < -0.4 is 24.2 Å². The lowest BCUT2D eigenvalue weighted by atomic mass is 10.2. The minimum Gasteiger partial charge on any atom is -0.497 e. The van der Waals surface area contributed by atoms with E-state index in [0.29, 0.717) is 28.5 Å². The highest BCUT2D eigenvalue weighted by atomic mass is 32.2. The molecule has 1 amide bonds. The molecule has 0 fully saturated rings. The third-order valence-corrected chi connectivity index (χ3v) is 5.95. The molecule has 33 heavy (non-hydrogen) atoms. The molecule has 0 aliphatic heterocycles. The van der Waals surface area contributed by atoms with Crippen molar-refractivity contribution in [3.05, 3.63) is 72.3 Å². The Morgan fingerprint density at radius 1 is 0.848 bits per heavy atom. The van der Waals surface area contributed by atoms with E-state index in [-0.39, 0.29) is 22.6 Å². The summed E-state index contributed by atoms with van der Waals surface area (Å²) < 4.78 is 44.0. The number of nitrogens with one attached hydrogen (secondary N) is 2. The van der Waals surface area contributed by atoms with Gasteiger partial charge in [0.1, 0.15) is 17.2 Å². The monoisotopic (exact) mass is 470 g/mol. The van der Waals surface area contributed by atoms with Crippen LogP contribution in [0.4, 0.5) is 11.4 Å². The summed E-state index contributed by atoms with van der Waals surface area (Å²) in [6, 6.07) is 17.4. The van der Waals surface area contributed by atoms with Gasteiger partial charge in [0.25, 0.3) is 15.9 Å². The van der Waals surface area contributed by atoms with E-state index < -0.39 is 10.0 Å².